The van der Waals surface area contributed by atoms with Gasteiger partial charge in [-0.05, 0) is 66.7 Å². The van der Waals surface area contributed by atoms with E-state index in [0.717, 1.165) is 16.5 Å². The van der Waals surface area contributed by atoms with Gasteiger partial charge in [-0.15, -0.1) is 0 Å². The van der Waals surface area contributed by atoms with Crippen LogP contribution in [0.2, 0.25) is 5.04 Å². The molecule has 0 bridgehead atoms. The maximum absolute atomic E-state index is 13.1. The van der Waals surface area contributed by atoms with Gasteiger partial charge in [0.2, 0.25) is 5.91 Å². The number of hydrogen-bond donors (Lipinski definition) is 2. The van der Waals surface area contributed by atoms with E-state index in [2.05, 4.69) is 79.9 Å². The average molecular weight is 569 g/mol. The van der Waals surface area contributed by atoms with Crippen LogP contribution in [0.3, 0.4) is 0 Å². The minimum atomic E-state index is -2.83. The summed E-state index contributed by atoms with van der Waals surface area (Å²) in [5, 5.41) is 9.57. The highest BCUT2D eigenvalue weighted by Gasteiger charge is 2.52. The van der Waals surface area contributed by atoms with Crippen LogP contribution in [0.25, 0.3) is 10.8 Å². The monoisotopic (exact) mass is 568 g/mol. The normalized spacial score (nSPS) is 12.9. The summed E-state index contributed by atoms with van der Waals surface area (Å²) in [6.07, 6.45) is -0.640. The lowest BCUT2D eigenvalue weighted by Gasteiger charge is -2.43. The van der Waals surface area contributed by atoms with Crippen LogP contribution in [-0.2, 0) is 9.53 Å². The predicted molar refractivity (Wildman–Crippen MR) is 170 cm³/mol. The Labute approximate surface area is 244 Å². The summed E-state index contributed by atoms with van der Waals surface area (Å²) in [6, 6.07) is 31.9. The predicted octanol–water partition coefficient (Wildman–Crippen LogP) is 6.63. The fourth-order valence-electron chi connectivity index (χ4n) is 5.04. The van der Waals surface area contributed by atoms with Crippen LogP contribution < -0.4 is 25.4 Å². The van der Waals surface area contributed by atoms with E-state index in [9.17, 15) is 9.59 Å². The Morgan fingerprint density at radius 2 is 1.34 bits per heavy atom. The molecule has 6 nitrogen and oxygen atoms in total. The molecule has 214 valence electrons. The third kappa shape index (κ3) is 6.80. The van der Waals surface area contributed by atoms with Gasteiger partial charge in [-0.2, -0.15) is 0 Å². The first kappa shape index (κ1) is 29.9. The summed E-state index contributed by atoms with van der Waals surface area (Å²) < 4.78 is 12.5. The van der Waals surface area contributed by atoms with Crippen molar-refractivity contribution < 1.29 is 18.8 Å². The Kier molecular flexibility index (Phi) is 8.59. The van der Waals surface area contributed by atoms with Crippen LogP contribution in [0, 0.1) is 0 Å². The highest BCUT2D eigenvalue weighted by Crippen LogP contribution is 2.38. The van der Waals surface area contributed by atoms with Gasteiger partial charge in [-0.3, -0.25) is 4.79 Å². The molecule has 0 aliphatic rings. The molecule has 0 spiro atoms. The Morgan fingerprint density at radius 3 is 1.88 bits per heavy atom. The van der Waals surface area contributed by atoms with E-state index in [4.69, 9.17) is 9.16 Å². The third-order valence-corrected chi connectivity index (χ3v) is 11.9. The number of amides is 2. The molecule has 0 aliphatic carbocycles. The minimum absolute atomic E-state index is 0.193. The molecule has 1 unspecified atom stereocenters. The number of rotatable bonds is 7. The smallest absolute Gasteiger partial charge is 0.408 e. The second kappa shape index (κ2) is 11.8. The molecule has 0 saturated heterocycles. The quantitative estimate of drug-likeness (QED) is 0.245. The minimum Gasteiger partial charge on any atom is -0.534 e. The number of benzene rings is 4. The molecule has 7 heteroatoms. The zero-order chi connectivity index (χ0) is 29.8. The second-order valence-corrected chi connectivity index (χ2v) is 16.5. The number of carbonyl (C=O) groups is 2. The second-order valence-electron chi connectivity index (χ2n) is 12.3. The van der Waals surface area contributed by atoms with Gasteiger partial charge in [0.1, 0.15) is 17.4 Å². The van der Waals surface area contributed by atoms with Crippen molar-refractivity contribution in [3.8, 4) is 5.75 Å². The lowest BCUT2D eigenvalue weighted by Crippen LogP contribution is -2.68. The summed E-state index contributed by atoms with van der Waals surface area (Å²) in [4.78, 5) is 25.3. The lowest BCUT2D eigenvalue weighted by molar-refractivity contribution is -0.117. The van der Waals surface area contributed by atoms with Crippen molar-refractivity contribution in [2.75, 3.05) is 5.32 Å². The summed E-state index contributed by atoms with van der Waals surface area (Å²) in [6.45, 7) is 13.7. The van der Waals surface area contributed by atoms with Crippen LogP contribution in [0.4, 0.5) is 10.5 Å². The van der Waals surface area contributed by atoms with E-state index in [1.165, 1.54) is 10.4 Å². The van der Waals surface area contributed by atoms with Crippen LogP contribution >= 0.6 is 0 Å². The molecule has 0 aliphatic heterocycles. The van der Waals surface area contributed by atoms with E-state index in [0.29, 0.717) is 5.69 Å². The van der Waals surface area contributed by atoms with E-state index < -0.39 is 26.1 Å². The first-order valence-corrected chi connectivity index (χ1v) is 15.8. The number of fused-ring (bicyclic) bond motifs is 1. The standard InChI is InChI=1S/C34H40N2O4Si/c1-24(35-32(38)39-33(2,3)4)31(37)36-30-20-14-15-25-21-22-26(23-29(25)30)40-41(34(5,6)7,27-16-10-8-11-17-27)28-18-12-9-13-19-28/h8-24H,1-7H3,(H,35,38)(H,36,37). The molecule has 0 aromatic heterocycles. The van der Waals surface area contributed by atoms with Gasteiger partial charge in [0, 0.05) is 11.1 Å². The van der Waals surface area contributed by atoms with Crippen molar-refractivity contribution in [2.24, 2.45) is 0 Å². The first-order chi connectivity index (χ1) is 19.3. The van der Waals surface area contributed by atoms with Crippen LogP contribution in [0.5, 0.6) is 5.75 Å². The molecule has 0 fully saturated rings. The molecular weight excluding hydrogens is 528 g/mol. The fraction of sp³-hybridized carbons (Fsp3) is 0.294. The van der Waals surface area contributed by atoms with Gasteiger partial charge in [0.25, 0.3) is 0 Å². The summed E-state index contributed by atoms with van der Waals surface area (Å²) in [5.41, 5.74) is -0.0181. The molecule has 4 rings (SSSR count). The number of carbonyl (C=O) groups excluding carboxylic acids is 2. The Bertz CT molecular complexity index is 1470. The fourth-order valence-corrected chi connectivity index (χ4v) is 9.45. The first-order valence-electron chi connectivity index (χ1n) is 13.9. The molecule has 0 heterocycles. The summed E-state index contributed by atoms with van der Waals surface area (Å²) in [5.74, 6) is 0.384. The zero-order valence-electron chi connectivity index (χ0n) is 24.9. The van der Waals surface area contributed by atoms with Gasteiger partial charge in [0.15, 0.2) is 0 Å². The third-order valence-electron chi connectivity index (χ3n) is 6.93. The molecule has 1 atom stereocenters. The highest BCUT2D eigenvalue weighted by molar-refractivity contribution is 7.00. The van der Waals surface area contributed by atoms with Gasteiger partial charge in [-0.25, -0.2) is 4.79 Å². The Hall–Kier alpha value is -4.10. The molecule has 41 heavy (non-hydrogen) atoms. The Balaban J connectivity index is 1.71. The van der Waals surface area contributed by atoms with E-state index >= 15 is 0 Å². The summed E-state index contributed by atoms with van der Waals surface area (Å²) in [7, 11) is -2.83. The summed E-state index contributed by atoms with van der Waals surface area (Å²) >= 11 is 0. The lowest BCUT2D eigenvalue weighted by atomic mass is 10.1. The molecule has 2 N–H and O–H groups in total. The maximum atomic E-state index is 13.1. The van der Waals surface area contributed by atoms with E-state index in [1.807, 2.05) is 48.5 Å². The van der Waals surface area contributed by atoms with Gasteiger partial charge in [-0.1, -0.05) is 99.6 Å². The topological polar surface area (TPSA) is 76.7 Å². The van der Waals surface area contributed by atoms with Gasteiger partial charge >= 0.3 is 14.4 Å². The van der Waals surface area contributed by atoms with Gasteiger partial charge in [0.05, 0.1) is 0 Å². The van der Waals surface area contributed by atoms with Crippen molar-refractivity contribution in [1.29, 1.82) is 0 Å². The number of alkyl carbamates (subject to hydrolysis) is 1. The maximum Gasteiger partial charge on any atom is 0.408 e. The van der Waals surface area contributed by atoms with E-state index in [1.54, 1.807) is 27.7 Å². The van der Waals surface area contributed by atoms with Crippen molar-refractivity contribution in [1.82, 2.24) is 5.32 Å². The van der Waals surface area contributed by atoms with Crippen molar-refractivity contribution >= 4 is 47.2 Å². The van der Waals surface area contributed by atoms with Crippen molar-refractivity contribution in [3.63, 3.8) is 0 Å². The molecule has 2 amide bonds. The SMILES string of the molecule is CC(NC(=O)OC(C)(C)C)C(=O)Nc1cccc2ccc(O[Si](c3ccccc3)(c3ccccc3)C(C)(C)C)cc12. The average Bonchev–Trinajstić information content (AvgIpc) is 2.91. The number of nitrogens with one attached hydrogen (secondary N) is 2. The molecule has 4 aromatic carbocycles. The van der Waals surface area contributed by atoms with Crippen LogP contribution in [-0.4, -0.2) is 32.0 Å². The van der Waals surface area contributed by atoms with E-state index in [-0.39, 0.29) is 10.9 Å². The van der Waals surface area contributed by atoms with Crippen molar-refractivity contribution in [2.45, 2.75) is 65.1 Å². The number of hydrogen-bond acceptors (Lipinski definition) is 4. The van der Waals surface area contributed by atoms with Gasteiger partial charge < -0.3 is 19.8 Å². The Morgan fingerprint density at radius 1 is 0.756 bits per heavy atom. The molecule has 4 aromatic rings. The van der Waals surface area contributed by atoms with Crippen LogP contribution in [0.15, 0.2) is 97.1 Å². The number of ether oxygens (including phenoxy) is 1. The highest BCUT2D eigenvalue weighted by atomic mass is 28.4. The molecular formula is C34H40N2O4Si. The molecule has 0 radical (unpaired) electrons. The van der Waals surface area contributed by atoms with Crippen molar-refractivity contribution in [3.05, 3.63) is 97.1 Å². The molecule has 0 saturated carbocycles. The largest absolute Gasteiger partial charge is 0.534 e. The number of anilines is 1. The van der Waals surface area contributed by atoms with Crippen LogP contribution in [0.1, 0.15) is 48.5 Å². The zero-order valence-corrected chi connectivity index (χ0v) is 25.9.